The molecule has 0 radical (unpaired) electrons. The standard InChI is InChI=1S/C29H35N3O3/c1-3-25-27(21-5-4-19(12-21)13-24-18-34-10-11-35-24)15-28(33)32-9-8-22-14-20(6-7-26(22)29(25)32)23-16-30-31(2)17-23/h6-7,14-17,19,21,24H,3-5,8-13,18H2,1-2H3/t19?,21?,24-/m1/s1. The first-order valence-corrected chi connectivity index (χ1v) is 13.2. The van der Waals surface area contributed by atoms with Crippen molar-refractivity contribution >= 4 is 0 Å². The fourth-order valence-corrected chi connectivity index (χ4v) is 6.60. The molecule has 2 unspecified atom stereocenters. The van der Waals surface area contributed by atoms with E-state index in [1.807, 2.05) is 28.6 Å². The summed E-state index contributed by atoms with van der Waals surface area (Å²) in [5.41, 5.74) is 8.83. The maximum absolute atomic E-state index is 13.3. The van der Waals surface area contributed by atoms with Gasteiger partial charge in [0.05, 0.1) is 37.8 Å². The normalized spacial score (nSPS) is 23.8. The summed E-state index contributed by atoms with van der Waals surface area (Å²) in [6.45, 7) is 5.14. The minimum absolute atomic E-state index is 0.154. The van der Waals surface area contributed by atoms with Crippen LogP contribution in [0.1, 0.15) is 55.2 Å². The van der Waals surface area contributed by atoms with Gasteiger partial charge in [0.25, 0.3) is 5.56 Å². The second kappa shape index (κ2) is 9.40. The molecular weight excluding hydrogens is 438 g/mol. The van der Waals surface area contributed by atoms with Gasteiger partial charge < -0.3 is 14.0 Å². The van der Waals surface area contributed by atoms with Gasteiger partial charge in [-0.3, -0.25) is 9.48 Å². The Kier molecular flexibility index (Phi) is 6.11. The number of hydrogen-bond donors (Lipinski definition) is 0. The third-order valence-corrected chi connectivity index (χ3v) is 8.27. The molecule has 6 nitrogen and oxygen atoms in total. The van der Waals surface area contributed by atoms with Gasteiger partial charge in [-0.15, -0.1) is 0 Å². The van der Waals surface area contributed by atoms with Gasteiger partial charge >= 0.3 is 0 Å². The molecule has 0 N–H and O–H groups in total. The fraction of sp³-hybridized carbons (Fsp3) is 0.517. The van der Waals surface area contributed by atoms with E-state index in [1.54, 1.807) is 0 Å². The Labute approximate surface area is 206 Å². The van der Waals surface area contributed by atoms with E-state index in [2.05, 4.69) is 36.4 Å². The minimum atomic E-state index is 0.154. The fourth-order valence-electron chi connectivity index (χ4n) is 6.60. The number of rotatable bonds is 5. The molecule has 0 amide bonds. The number of aromatic nitrogens is 3. The number of fused-ring (bicyclic) bond motifs is 3. The van der Waals surface area contributed by atoms with Crippen molar-refractivity contribution in [2.45, 2.75) is 64.0 Å². The summed E-state index contributed by atoms with van der Waals surface area (Å²) in [5.74, 6) is 1.10. The lowest BCUT2D eigenvalue weighted by Gasteiger charge is -2.28. The molecule has 3 aliphatic rings. The first-order chi connectivity index (χ1) is 17.1. The Bertz CT molecular complexity index is 1280. The van der Waals surface area contributed by atoms with E-state index in [9.17, 15) is 4.79 Å². The van der Waals surface area contributed by atoms with Gasteiger partial charge in [-0.05, 0) is 72.6 Å². The largest absolute Gasteiger partial charge is 0.376 e. The van der Waals surface area contributed by atoms with E-state index in [1.165, 1.54) is 34.2 Å². The smallest absolute Gasteiger partial charge is 0.251 e. The van der Waals surface area contributed by atoms with Crippen LogP contribution in [-0.4, -0.2) is 40.3 Å². The molecule has 3 atom stereocenters. The van der Waals surface area contributed by atoms with Gasteiger partial charge in [0, 0.05) is 37.0 Å². The van der Waals surface area contributed by atoms with Crippen molar-refractivity contribution in [3.05, 3.63) is 63.7 Å². The second-order valence-corrected chi connectivity index (χ2v) is 10.5. The molecule has 35 heavy (non-hydrogen) atoms. The number of aryl methyl sites for hydroxylation is 2. The van der Waals surface area contributed by atoms with Crippen LogP contribution >= 0.6 is 0 Å². The van der Waals surface area contributed by atoms with Crippen LogP contribution in [0.3, 0.4) is 0 Å². The molecule has 2 aromatic heterocycles. The quantitative estimate of drug-likeness (QED) is 0.538. The topological polar surface area (TPSA) is 58.3 Å². The van der Waals surface area contributed by atoms with Crippen molar-refractivity contribution in [1.29, 1.82) is 0 Å². The van der Waals surface area contributed by atoms with Crippen LogP contribution in [0.25, 0.3) is 22.4 Å². The SMILES string of the molecule is CCc1c(C2CCC(C[C@@H]3COCCO3)C2)cc(=O)n2c1-c1ccc(-c3cnn(C)c3)cc1CC2. The number of hydrogen-bond acceptors (Lipinski definition) is 4. The molecule has 2 fully saturated rings. The molecule has 1 saturated heterocycles. The Hall–Kier alpha value is -2.70. The molecule has 1 aliphatic carbocycles. The zero-order chi connectivity index (χ0) is 23.9. The average molecular weight is 474 g/mol. The van der Waals surface area contributed by atoms with Crippen molar-refractivity contribution < 1.29 is 9.47 Å². The zero-order valence-electron chi connectivity index (χ0n) is 20.8. The van der Waals surface area contributed by atoms with E-state index in [-0.39, 0.29) is 11.7 Å². The maximum Gasteiger partial charge on any atom is 0.251 e. The molecule has 1 saturated carbocycles. The number of ether oxygens (including phenoxy) is 2. The Morgan fingerprint density at radius 3 is 2.83 bits per heavy atom. The third-order valence-electron chi connectivity index (χ3n) is 8.27. The van der Waals surface area contributed by atoms with Gasteiger partial charge in [0.1, 0.15) is 0 Å². The summed E-state index contributed by atoms with van der Waals surface area (Å²) in [7, 11) is 1.95. The van der Waals surface area contributed by atoms with Gasteiger partial charge in [-0.1, -0.05) is 25.1 Å². The van der Waals surface area contributed by atoms with Crippen LogP contribution < -0.4 is 5.56 Å². The molecular formula is C29H35N3O3. The highest BCUT2D eigenvalue weighted by Crippen LogP contribution is 2.44. The highest BCUT2D eigenvalue weighted by atomic mass is 16.6. The van der Waals surface area contributed by atoms with Crippen molar-refractivity contribution in [2.24, 2.45) is 13.0 Å². The molecule has 4 heterocycles. The molecule has 2 aliphatic heterocycles. The second-order valence-electron chi connectivity index (χ2n) is 10.5. The van der Waals surface area contributed by atoms with Gasteiger partial charge in [-0.25, -0.2) is 0 Å². The number of nitrogens with zero attached hydrogens (tertiary/aromatic N) is 3. The van der Waals surface area contributed by atoms with E-state index in [0.29, 0.717) is 25.0 Å². The van der Waals surface area contributed by atoms with Crippen LogP contribution in [-0.2, 0) is 35.9 Å². The molecule has 3 aromatic rings. The van der Waals surface area contributed by atoms with Crippen LogP contribution in [0.4, 0.5) is 0 Å². The lowest BCUT2D eigenvalue weighted by Crippen LogP contribution is -2.30. The summed E-state index contributed by atoms with van der Waals surface area (Å²) in [4.78, 5) is 13.3. The summed E-state index contributed by atoms with van der Waals surface area (Å²) in [6.07, 6.45) is 10.6. The highest BCUT2D eigenvalue weighted by molar-refractivity contribution is 5.75. The lowest BCUT2D eigenvalue weighted by atomic mass is 9.85. The van der Waals surface area contributed by atoms with E-state index in [0.717, 1.165) is 56.5 Å². The van der Waals surface area contributed by atoms with Crippen LogP contribution in [0.2, 0.25) is 0 Å². The predicted octanol–water partition coefficient (Wildman–Crippen LogP) is 4.72. The van der Waals surface area contributed by atoms with Gasteiger partial charge in [0.2, 0.25) is 0 Å². The highest BCUT2D eigenvalue weighted by Gasteiger charge is 2.32. The minimum Gasteiger partial charge on any atom is -0.376 e. The van der Waals surface area contributed by atoms with E-state index >= 15 is 0 Å². The van der Waals surface area contributed by atoms with Crippen LogP contribution in [0.15, 0.2) is 41.5 Å². The first kappa shape index (κ1) is 22.7. The number of benzene rings is 1. The molecule has 184 valence electrons. The summed E-state index contributed by atoms with van der Waals surface area (Å²) in [5, 5.41) is 4.33. The Morgan fingerprint density at radius 1 is 1.14 bits per heavy atom. The molecule has 6 rings (SSSR count). The first-order valence-electron chi connectivity index (χ1n) is 13.2. The third kappa shape index (κ3) is 4.27. The van der Waals surface area contributed by atoms with Crippen LogP contribution in [0, 0.1) is 5.92 Å². The predicted molar refractivity (Wildman–Crippen MR) is 137 cm³/mol. The summed E-state index contributed by atoms with van der Waals surface area (Å²) >= 11 is 0. The van der Waals surface area contributed by atoms with Gasteiger partial charge in [0.15, 0.2) is 0 Å². The Morgan fingerprint density at radius 2 is 2.06 bits per heavy atom. The summed E-state index contributed by atoms with van der Waals surface area (Å²) < 4.78 is 15.4. The zero-order valence-corrected chi connectivity index (χ0v) is 20.8. The van der Waals surface area contributed by atoms with Crippen molar-refractivity contribution in [3.63, 3.8) is 0 Å². The average Bonchev–Trinajstić information content (AvgIpc) is 3.53. The molecule has 0 bridgehead atoms. The molecule has 0 spiro atoms. The maximum atomic E-state index is 13.3. The van der Waals surface area contributed by atoms with Gasteiger partial charge in [-0.2, -0.15) is 5.10 Å². The number of pyridine rings is 1. The van der Waals surface area contributed by atoms with Crippen molar-refractivity contribution in [3.8, 4) is 22.4 Å². The Balaban J connectivity index is 1.33. The monoisotopic (exact) mass is 473 g/mol. The van der Waals surface area contributed by atoms with Crippen LogP contribution in [0.5, 0.6) is 0 Å². The van der Waals surface area contributed by atoms with E-state index in [4.69, 9.17) is 9.47 Å². The van der Waals surface area contributed by atoms with E-state index < -0.39 is 0 Å². The molecule has 6 heteroatoms. The summed E-state index contributed by atoms with van der Waals surface area (Å²) in [6, 6.07) is 8.66. The van der Waals surface area contributed by atoms with Crippen molar-refractivity contribution in [2.75, 3.05) is 19.8 Å². The lowest BCUT2D eigenvalue weighted by molar-refractivity contribution is -0.0955. The van der Waals surface area contributed by atoms with Crippen molar-refractivity contribution in [1.82, 2.24) is 14.3 Å². The molecule has 1 aromatic carbocycles.